The molecule has 0 saturated carbocycles. The van der Waals surface area contributed by atoms with E-state index in [4.69, 9.17) is 5.73 Å². The van der Waals surface area contributed by atoms with E-state index >= 15 is 0 Å². The molecule has 2 aromatic heterocycles. The Morgan fingerprint density at radius 2 is 1.92 bits per heavy atom. The van der Waals surface area contributed by atoms with Crippen molar-refractivity contribution in [2.45, 2.75) is 13.5 Å². The Morgan fingerprint density at radius 3 is 2.54 bits per heavy atom. The van der Waals surface area contributed by atoms with E-state index in [0.29, 0.717) is 4.88 Å². The summed E-state index contributed by atoms with van der Waals surface area (Å²) < 4.78 is 1.26. The van der Waals surface area contributed by atoms with Gasteiger partial charge < -0.3 is 10.6 Å². The molecule has 0 aliphatic carbocycles. The van der Waals surface area contributed by atoms with E-state index in [1.165, 1.54) is 20.8 Å². The molecule has 7 nitrogen and oxygen atoms in total. The molecule has 3 rings (SSSR count). The van der Waals surface area contributed by atoms with E-state index in [9.17, 15) is 14.4 Å². The van der Waals surface area contributed by atoms with Crippen molar-refractivity contribution in [1.82, 2.24) is 9.55 Å². The van der Waals surface area contributed by atoms with Crippen LogP contribution in [0.15, 0.2) is 57.4 Å². The number of H-pyrrole nitrogens is 1. The smallest absolute Gasteiger partial charge is 0.330 e. The first-order valence-electron chi connectivity index (χ1n) is 8.04. The molecule has 0 radical (unpaired) electrons. The number of carbonyl (C=O) groups is 1. The SMILES string of the molecule is CCN(C(=O)c1cccs1)c1c(N)n(Cc2ccccc2)c(=O)[nH]c1=O. The molecule has 0 spiro atoms. The summed E-state index contributed by atoms with van der Waals surface area (Å²) in [5, 5.41) is 1.78. The van der Waals surface area contributed by atoms with Crippen LogP contribution in [0.25, 0.3) is 0 Å². The predicted molar refractivity (Wildman–Crippen MR) is 103 cm³/mol. The largest absolute Gasteiger partial charge is 0.383 e. The molecule has 0 aliphatic heterocycles. The fourth-order valence-corrected chi connectivity index (χ4v) is 3.37. The van der Waals surface area contributed by atoms with Gasteiger partial charge in [-0.05, 0) is 23.9 Å². The molecule has 0 saturated heterocycles. The molecule has 0 aliphatic rings. The summed E-state index contributed by atoms with van der Waals surface area (Å²) in [6.45, 7) is 2.19. The number of thiophene rings is 1. The Hall–Kier alpha value is -3.13. The molecule has 26 heavy (non-hydrogen) atoms. The topological polar surface area (TPSA) is 101 Å². The first-order chi connectivity index (χ1) is 12.5. The lowest BCUT2D eigenvalue weighted by Crippen LogP contribution is -2.41. The van der Waals surface area contributed by atoms with Crippen LogP contribution in [-0.2, 0) is 6.54 Å². The quantitative estimate of drug-likeness (QED) is 0.716. The molecule has 3 aromatic rings. The van der Waals surface area contributed by atoms with Crippen LogP contribution in [0, 0.1) is 0 Å². The Kier molecular flexibility index (Phi) is 5.04. The van der Waals surface area contributed by atoms with Gasteiger partial charge in [-0.3, -0.25) is 19.1 Å². The fourth-order valence-electron chi connectivity index (χ4n) is 2.70. The van der Waals surface area contributed by atoms with Crippen molar-refractivity contribution < 1.29 is 4.79 Å². The van der Waals surface area contributed by atoms with Gasteiger partial charge in [-0.2, -0.15) is 0 Å². The average Bonchev–Trinajstić information content (AvgIpc) is 3.17. The van der Waals surface area contributed by atoms with Crippen LogP contribution in [0.4, 0.5) is 11.5 Å². The van der Waals surface area contributed by atoms with Crippen LogP contribution in [-0.4, -0.2) is 22.0 Å². The molecule has 8 heteroatoms. The minimum Gasteiger partial charge on any atom is -0.383 e. The van der Waals surface area contributed by atoms with E-state index in [2.05, 4.69) is 4.98 Å². The molecule has 0 bridgehead atoms. The summed E-state index contributed by atoms with van der Waals surface area (Å²) >= 11 is 1.28. The molecular weight excluding hydrogens is 352 g/mol. The zero-order valence-electron chi connectivity index (χ0n) is 14.1. The number of amides is 1. The third-order valence-electron chi connectivity index (χ3n) is 3.96. The van der Waals surface area contributed by atoms with Gasteiger partial charge in [0.05, 0.1) is 11.4 Å². The number of nitrogens with one attached hydrogen (secondary N) is 1. The predicted octanol–water partition coefficient (Wildman–Crippen LogP) is 1.90. The second-order valence-corrected chi connectivity index (χ2v) is 6.54. The molecule has 1 amide bonds. The average molecular weight is 370 g/mol. The van der Waals surface area contributed by atoms with Gasteiger partial charge >= 0.3 is 5.69 Å². The first kappa shape index (κ1) is 17.7. The summed E-state index contributed by atoms with van der Waals surface area (Å²) in [5.74, 6) is -0.362. The van der Waals surface area contributed by atoms with Crippen molar-refractivity contribution in [2.75, 3.05) is 17.2 Å². The van der Waals surface area contributed by atoms with Gasteiger partial charge in [0.15, 0.2) is 5.69 Å². The monoisotopic (exact) mass is 370 g/mol. The van der Waals surface area contributed by atoms with E-state index in [1.807, 2.05) is 30.3 Å². The van der Waals surface area contributed by atoms with E-state index < -0.39 is 11.2 Å². The minimum absolute atomic E-state index is 0.0126. The van der Waals surface area contributed by atoms with Crippen LogP contribution in [0.2, 0.25) is 0 Å². The van der Waals surface area contributed by atoms with Gasteiger partial charge in [0.1, 0.15) is 5.82 Å². The highest BCUT2D eigenvalue weighted by molar-refractivity contribution is 7.12. The Morgan fingerprint density at radius 1 is 1.19 bits per heavy atom. The Bertz CT molecular complexity index is 1020. The van der Waals surface area contributed by atoms with Crippen molar-refractivity contribution in [2.24, 2.45) is 0 Å². The van der Waals surface area contributed by atoms with Crippen molar-refractivity contribution in [3.8, 4) is 0 Å². The highest BCUT2D eigenvalue weighted by atomic mass is 32.1. The summed E-state index contributed by atoms with van der Waals surface area (Å²) in [7, 11) is 0. The highest BCUT2D eigenvalue weighted by Crippen LogP contribution is 2.21. The van der Waals surface area contributed by atoms with Crippen LogP contribution in [0.5, 0.6) is 0 Å². The lowest BCUT2D eigenvalue weighted by atomic mass is 10.2. The van der Waals surface area contributed by atoms with Gasteiger partial charge in [-0.1, -0.05) is 36.4 Å². The van der Waals surface area contributed by atoms with Crippen molar-refractivity contribution in [3.05, 3.63) is 79.1 Å². The zero-order valence-corrected chi connectivity index (χ0v) is 15.0. The second-order valence-electron chi connectivity index (χ2n) is 5.59. The van der Waals surface area contributed by atoms with Crippen LogP contribution < -0.4 is 21.9 Å². The van der Waals surface area contributed by atoms with Crippen molar-refractivity contribution >= 4 is 28.7 Å². The maximum Gasteiger partial charge on any atom is 0.330 e. The van der Waals surface area contributed by atoms with Crippen LogP contribution in [0.3, 0.4) is 0 Å². The molecule has 0 atom stereocenters. The number of aromatic nitrogens is 2. The number of aromatic amines is 1. The Labute approximate surface area is 153 Å². The van der Waals surface area contributed by atoms with Gasteiger partial charge in [-0.25, -0.2) is 4.79 Å². The van der Waals surface area contributed by atoms with Crippen molar-refractivity contribution in [1.29, 1.82) is 0 Å². The number of benzene rings is 1. The first-order valence-corrected chi connectivity index (χ1v) is 8.92. The van der Waals surface area contributed by atoms with Crippen LogP contribution >= 0.6 is 11.3 Å². The van der Waals surface area contributed by atoms with Gasteiger partial charge in [0, 0.05) is 6.54 Å². The standard InChI is InChI=1S/C18H18N4O3S/c1-2-21(17(24)13-9-6-10-26-13)14-15(19)22(18(25)20-16(14)23)11-12-7-4-3-5-8-12/h3-10H,2,11,19H2,1H3,(H,20,23,25). The maximum atomic E-state index is 12.7. The number of hydrogen-bond donors (Lipinski definition) is 2. The Balaban J connectivity index is 2.09. The van der Waals surface area contributed by atoms with Crippen LogP contribution in [0.1, 0.15) is 22.2 Å². The fraction of sp³-hybridized carbons (Fsp3) is 0.167. The minimum atomic E-state index is -0.677. The summed E-state index contributed by atoms with van der Waals surface area (Å²) in [4.78, 5) is 41.4. The molecular formula is C18H18N4O3S. The molecule has 3 N–H and O–H groups in total. The van der Waals surface area contributed by atoms with Gasteiger partial charge in [0.25, 0.3) is 11.5 Å². The molecule has 2 heterocycles. The summed E-state index contributed by atoms with van der Waals surface area (Å²) in [5.41, 5.74) is 5.71. The lowest BCUT2D eigenvalue weighted by Gasteiger charge is -2.22. The summed E-state index contributed by atoms with van der Waals surface area (Å²) in [6, 6.07) is 12.7. The number of carbonyl (C=O) groups excluding carboxylic acids is 1. The normalized spacial score (nSPS) is 10.7. The lowest BCUT2D eigenvalue weighted by molar-refractivity contribution is 0.0992. The molecule has 1 aromatic carbocycles. The third kappa shape index (κ3) is 3.31. The van der Waals surface area contributed by atoms with E-state index in [0.717, 1.165) is 5.56 Å². The molecule has 0 fully saturated rings. The van der Waals surface area contributed by atoms with Gasteiger partial charge in [-0.15, -0.1) is 11.3 Å². The number of hydrogen-bond acceptors (Lipinski definition) is 5. The zero-order chi connectivity index (χ0) is 18.7. The number of nitrogen functional groups attached to an aromatic ring is 1. The second kappa shape index (κ2) is 7.40. The maximum absolute atomic E-state index is 12.7. The number of nitrogens with two attached hydrogens (primary N) is 1. The third-order valence-corrected chi connectivity index (χ3v) is 4.82. The number of rotatable bonds is 5. The van der Waals surface area contributed by atoms with E-state index in [1.54, 1.807) is 24.4 Å². The molecule has 0 unspecified atom stereocenters. The number of nitrogens with zero attached hydrogens (tertiary/aromatic N) is 2. The highest BCUT2D eigenvalue weighted by Gasteiger charge is 2.24. The number of anilines is 2. The summed E-state index contributed by atoms with van der Waals surface area (Å²) in [6.07, 6.45) is 0. The van der Waals surface area contributed by atoms with Gasteiger partial charge in [0.2, 0.25) is 0 Å². The van der Waals surface area contributed by atoms with E-state index in [-0.39, 0.29) is 30.5 Å². The molecule has 134 valence electrons. The van der Waals surface area contributed by atoms with Crippen molar-refractivity contribution in [3.63, 3.8) is 0 Å².